The van der Waals surface area contributed by atoms with Crippen molar-refractivity contribution in [3.8, 4) is 16.9 Å². The van der Waals surface area contributed by atoms with Crippen LogP contribution in [-0.4, -0.2) is 22.7 Å². The maximum atomic E-state index is 11.5. The molecule has 1 aromatic carbocycles. The second kappa shape index (κ2) is 5.57. The molecule has 116 valence electrons. The number of fused-ring (bicyclic) bond motifs is 1. The van der Waals surface area contributed by atoms with E-state index in [0.29, 0.717) is 16.8 Å². The fourth-order valence-electron chi connectivity index (χ4n) is 2.71. The number of nitrogens with zero attached hydrogens (tertiary/aromatic N) is 2. The lowest BCUT2D eigenvalue weighted by molar-refractivity contribution is -0.385. The van der Waals surface area contributed by atoms with Crippen molar-refractivity contribution in [2.24, 2.45) is 0 Å². The minimum absolute atomic E-state index is 0.131. The molecule has 0 aliphatic carbocycles. The molecule has 6 nitrogen and oxygen atoms in total. The summed E-state index contributed by atoms with van der Waals surface area (Å²) in [6.07, 6.45) is 2.56. The predicted molar refractivity (Wildman–Crippen MR) is 86.2 cm³/mol. The molecule has 23 heavy (non-hydrogen) atoms. The number of methoxy groups -OCH3 is 1. The lowest BCUT2D eigenvalue weighted by atomic mass is 10.0. The quantitative estimate of drug-likeness (QED) is 0.419. The van der Waals surface area contributed by atoms with Crippen LogP contribution in [0.5, 0.6) is 5.75 Å². The minimum atomic E-state index is -0.496. The van der Waals surface area contributed by atoms with Gasteiger partial charge in [0, 0.05) is 23.3 Å². The number of rotatable bonds is 4. The van der Waals surface area contributed by atoms with E-state index >= 15 is 0 Å². The Bertz CT molecular complexity index is 928. The number of aromatic nitrogens is 1. The first-order valence-electron chi connectivity index (χ1n) is 6.95. The number of ether oxygens (including phenoxy) is 1. The number of nitro groups is 1. The number of hydrogen-bond acceptors (Lipinski definition) is 4. The van der Waals surface area contributed by atoms with Crippen LogP contribution < -0.4 is 4.74 Å². The number of aryl methyl sites for hydroxylation is 1. The summed E-state index contributed by atoms with van der Waals surface area (Å²) in [7, 11) is 1.38. The predicted octanol–water partition coefficient (Wildman–Crippen LogP) is 3.64. The molecule has 0 saturated carbocycles. The smallest absolute Gasteiger partial charge is 0.311 e. The molecular weight excluding hydrogens is 296 g/mol. The van der Waals surface area contributed by atoms with Crippen LogP contribution in [0.4, 0.5) is 5.69 Å². The first-order chi connectivity index (χ1) is 11.1. The fourth-order valence-corrected chi connectivity index (χ4v) is 2.71. The molecule has 0 unspecified atom stereocenters. The highest BCUT2D eigenvalue weighted by atomic mass is 16.6. The second-order valence-corrected chi connectivity index (χ2v) is 5.15. The zero-order valence-electron chi connectivity index (χ0n) is 12.6. The van der Waals surface area contributed by atoms with Crippen LogP contribution in [0.3, 0.4) is 0 Å². The molecule has 2 heterocycles. The normalized spacial score (nSPS) is 10.7. The summed E-state index contributed by atoms with van der Waals surface area (Å²) in [4.78, 5) is 22.2. The van der Waals surface area contributed by atoms with Gasteiger partial charge in [-0.15, -0.1) is 0 Å². The van der Waals surface area contributed by atoms with Crippen LogP contribution in [0.15, 0.2) is 42.6 Å². The number of hydrogen-bond donors (Lipinski definition) is 0. The number of pyridine rings is 1. The molecule has 0 atom stereocenters. The standard InChI is InChI=1S/C17H14N2O4/c1-11-4-3-7-18-14(11)9-13(16(18)10-20)12-5-6-17(23-2)15(8-12)19(21)22/h3-10H,1-2H3. The number of nitro benzene ring substituents is 1. The average Bonchev–Trinajstić information content (AvgIpc) is 2.94. The maximum Gasteiger partial charge on any atom is 0.311 e. The van der Waals surface area contributed by atoms with Crippen molar-refractivity contribution in [1.82, 2.24) is 4.40 Å². The van der Waals surface area contributed by atoms with Crippen molar-refractivity contribution < 1.29 is 14.5 Å². The SMILES string of the molecule is COc1ccc(-c2cc3c(C)cccn3c2C=O)cc1[N+](=O)[O-]. The third kappa shape index (κ3) is 2.34. The molecule has 3 aromatic rings. The summed E-state index contributed by atoms with van der Waals surface area (Å²) in [5.74, 6) is 0.186. The van der Waals surface area contributed by atoms with Crippen LogP contribution in [0.25, 0.3) is 16.6 Å². The Morgan fingerprint density at radius 1 is 1.26 bits per heavy atom. The van der Waals surface area contributed by atoms with Crippen LogP contribution in [0.2, 0.25) is 0 Å². The monoisotopic (exact) mass is 310 g/mol. The largest absolute Gasteiger partial charge is 0.490 e. The molecule has 0 amide bonds. The topological polar surface area (TPSA) is 73.8 Å². The van der Waals surface area contributed by atoms with Crippen LogP contribution in [0, 0.1) is 17.0 Å². The summed E-state index contributed by atoms with van der Waals surface area (Å²) < 4.78 is 6.80. The zero-order valence-corrected chi connectivity index (χ0v) is 12.6. The van der Waals surface area contributed by atoms with Crippen molar-refractivity contribution in [1.29, 1.82) is 0 Å². The van der Waals surface area contributed by atoms with E-state index in [2.05, 4.69) is 0 Å². The summed E-state index contributed by atoms with van der Waals surface area (Å²) in [5, 5.41) is 11.2. The van der Waals surface area contributed by atoms with E-state index < -0.39 is 4.92 Å². The van der Waals surface area contributed by atoms with E-state index in [-0.39, 0.29) is 11.4 Å². The van der Waals surface area contributed by atoms with Gasteiger partial charge in [0.2, 0.25) is 0 Å². The van der Waals surface area contributed by atoms with Crippen molar-refractivity contribution in [3.05, 3.63) is 64.0 Å². The van der Waals surface area contributed by atoms with Gasteiger partial charge >= 0.3 is 5.69 Å². The van der Waals surface area contributed by atoms with Crippen LogP contribution >= 0.6 is 0 Å². The highest BCUT2D eigenvalue weighted by Gasteiger charge is 2.19. The molecule has 6 heteroatoms. The molecule has 0 aliphatic rings. The summed E-state index contributed by atoms with van der Waals surface area (Å²) in [6.45, 7) is 1.95. The molecule has 0 fully saturated rings. The molecule has 0 N–H and O–H groups in total. The van der Waals surface area contributed by atoms with Gasteiger partial charge in [0.25, 0.3) is 0 Å². The zero-order chi connectivity index (χ0) is 16.6. The van der Waals surface area contributed by atoms with E-state index in [1.165, 1.54) is 19.2 Å². The van der Waals surface area contributed by atoms with Gasteiger partial charge in [0.1, 0.15) is 0 Å². The summed E-state index contributed by atoms with van der Waals surface area (Å²) in [5.41, 5.74) is 3.49. The first-order valence-corrected chi connectivity index (χ1v) is 6.95. The highest BCUT2D eigenvalue weighted by Crippen LogP contribution is 2.35. The minimum Gasteiger partial charge on any atom is -0.490 e. The Morgan fingerprint density at radius 2 is 2.04 bits per heavy atom. The van der Waals surface area contributed by atoms with E-state index in [9.17, 15) is 14.9 Å². The van der Waals surface area contributed by atoms with Gasteiger partial charge in [0.05, 0.1) is 17.7 Å². The Labute approximate surface area is 132 Å². The van der Waals surface area contributed by atoms with Gasteiger partial charge in [-0.1, -0.05) is 12.1 Å². The van der Waals surface area contributed by atoms with E-state index in [0.717, 1.165) is 17.4 Å². The van der Waals surface area contributed by atoms with Crippen LogP contribution in [-0.2, 0) is 0 Å². The molecule has 0 radical (unpaired) electrons. The van der Waals surface area contributed by atoms with Gasteiger partial charge < -0.3 is 9.14 Å². The van der Waals surface area contributed by atoms with Crippen molar-refractivity contribution in [2.75, 3.05) is 7.11 Å². The molecular formula is C17H14N2O4. The lowest BCUT2D eigenvalue weighted by Crippen LogP contribution is -1.95. The molecule has 3 rings (SSSR count). The number of carbonyl (C=O) groups is 1. The Hall–Kier alpha value is -3.15. The fraction of sp³-hybridized carbons (Fsp3) is 0.118. The Balaban J connectivity index is 2.28. The third-order valence-corrected chi connectivity index (χ3v) is 3.86. The second-order valence-electron chi connectivity index (χ2n) is 5.15. The van der Waals surface area contributed by atoms with E-state index in [1.807, 2.05) is 25.1 Å². The molecule has 0 bridgehead atoms. The van der Waals surface area contributed by atoms with Gasteiger partial charge in [-0.3, -0.25) is 14.9 Å². The van der Waals surface area contributed by atoms with E-state index in [1.54, 1.807) is 16.7 Å². The number of benzene rings is 1. The average molecular weight is 310 g/mol. The highest BCUT2D eigenvalue weighted by molar-refractivity contribution is 5.91. The lowest BCUT2D eigenvalue weighted by Gasteiger charge is -2.05. The molecule has 0 aliphatic heterocycles. The molecule has 2 aromatic heterocycles. The van der Waals surface area contributed by atoms with Crippen molar-refractivity contribution in [3.63, 3.8) is 0 Å². The summed E-state index contributed by atoms with van der Waals surface area (Å²) >= 11 is 0. The molecule has 0 spiro atoms. The maximum absolute atomic E-state index is 11.5. The summed E-state index contributed by atoms with van der Waals surface area (Å²) in [6, 6.07) is 10.3. The van der Waals surface area contributed by atoms with Crippen molar-refractivity contribution >= 4 is 17.5 Å². The number of carbonyl (C=O) groups excluding carboxylic acids is 1. The van der Waals surface area contributed by atoms with Gasteiger partial charge in [-0.25, -0.2) is 0 Å². The van der Waals surface area contributed by atoms with Gasteiger partial charge in [0.15, 0.2) is 12.0 Å². The third-order valence-electron chi connectivity index (χ3n) is 3.86. The Morgan fingerprint density at radius 3 is 2.70 bits per heavy atom. The molecule has 0 saturated heterocycles. The van der Waals surface area contributed by atoms with Crippen LogP contribution in [0.1, 0.15) is 16.1 Å². The van der Waals surface area contributed by atoms with Gasteiger partial charge in [-0.2, -0.15) is 0 Å². The number of aldehydes is 1. The van der Waals surface area contributed by atoms with Crippen molar-refractivity contribution in [2.45, 2.75) is 6.92 Å². The Kier molecular flexibility index (Phi) is 3.57. The first kappa shape index (κ1) is 14.8. The van der Waals surface area contributed by atoms with E-state index in [4.69, 9.17) is 4.74 Å². The van der Waals surface area contributed by atoms with Gasteiger partial charge in [-0.05, 0) is 36.2 Å².